The van der Waals surface area contributed by atoms with Crippen LogP contribution < -0.4 is 15.5 Å². The number of carbonyl (C=O) groups is 4. The van der Waals surface area contributed by atoms with Crippen molar-refractivity contribution < 1.29 is 23.9 Å². The predicted molar refractivity (Wildman–Crippen MR) is 111 cm³/mol. The number of imide groups is 1. The number of aryl methyl sites for hydroxylation is 1. The lowest BCUT2D eigenvalue weighted by molar-refractivity contribution is -0.158. The first-order valence-electron chi connectivity index (χ1n) is 10.6. The third-order valence-electron chi connectivity index (χ3n) is 5.70. The second kappa shape index (κ2) is 9.73. The smallest absolute Gasteiger partial charge is 0.321 e. The van der Waals surface area contributed by atoms with Crippen molar-refractivity contribution in [2.24, 2.45) is 5.92 Å². The molecule has 1 aliphatic heterocycles. The van der Waals surface area contributed by atoms with E-state index < -0.39 is 29.9 Å². The van der Waals surface area contributed by atoms with Gasteiger partial charge in [0.05, 0.1) is 5.92 Å². The van der Waals surface area contributed by atoms with Gasteiger partial charge in [0.2, 0.25) is 5.91 Å². The molecule has 2 N–H and O–H groups in total. The van der Waals surface area contributed by atoms with E-state index in [0.717, 1.165) is 43.4 Å². The van der Waals surface area contributed by atoms with Crippen molar-refractivity contribution >= 4 is 29.5 Å². The Balaban J connectivity index is 1.49. The number of hydrogen-bond acceptors (Lipinski definition) is 5. The summed E-state index contributed by atoms with van der Waals surface area (Å²) in [6.07, 6.45) is 3.74. The zero-order chi connectivity index (χ0) is 21.7. The molecular formula is C22H29N3O5. The van der Waals surface area contributed by atoms with Crippen LogP contribution in [0.25, 0.3) is 0 Å². The topological polar surface area (TPSA) is 105 Å². The molecule has 8 heteroatoms. The number of hydrogen-bond donors (Lipinski definition) is 2. The summed E-state index contributed by atoms with van der Waals surface area (Å²) in [5, 5.41) is 4.96. The number of benzene rings is 1. The summed E-state index contributed by atoms with van der Waals surface area (Å²) in [5.74, 6) is -2.11. The minimum absolute atomic E-state index is 0.0326. The number of carbonyl (C=O) groups excluding carboxylic acids is 4. The van der Waals surface area contributed by atoms with Crippen molar-refractivity contribution in [1.82, 2.24) is 10.6 Å². The van der Waals surface area contributed by atoms with Crippen LogP contribution >= 0.6 is 0 Å². The number of nitrogens with zero attached hydrogens (tertiary/aromatic N) is 1. The highest BCUT2D eigenvalue weighted by Crippen LogP contribution is 2.26. The molecular weight excluding hydrogens is 386 g/mol. The van der Waals surface area contributed by atoms with E-state index in [2.05, 4.69) is 17.6 Å². The highest BCUT2D eigenvalue weighted by molar-refractivity contribution is 6.00. The molecule has 1 saturated carbocycles. The average Bonchev–Trinajstić information content (AvgIpc) is 3.37. The van der Waals surface area contributed by atoms with E-state index in [9.17, 15) is 19.2 Å². The van der Waals surface area contributed by atoms with E-state index in [4.69, 9.17) is 4.74 Å². The maximum atomic E-state index is 12.5. The van der Waals surface area contributed by atoms with Gasteiger partial charge in [-0.1, -0.05) is 31.9 Å². The normalized spacial score (nSPS) is 20.1. The minimum atomic E-state index is -1.13. The Morgan fingerprint density at radius 3 is 2.47 bits per heavy atom. The van der Waals surface area contributed by atoms with Crippen molar-refractivity contribution in [1.29, 1.82) is 0 Å². The summed E-state index contributed by atoms with van der Waals surface area (Å²) in [6.45, 7) is 3.67. The van der Waals surface area contributed by atoms with Gasteiger partial charge in [-0.05, 0) is 43.9 Å². The van der Waals surface area contributed by atoms with Gasteiger partial charge in [-0.2, -0.15) is 0 Å². The summed E-state index contributed by atoms with van der Waals surface area (Å²) in [4.78, 5) is 50.5. The Kier molecular flexibility index (Phi) is 7.07. The zero-order valence-corrected chi connectivity index (χ0v) is 17.5. The average molecular weight is 415 g/mol. The predicted octanol–water partition coefficient (Wildman–Crippen LogP) is 2.30. The molecule has 1 aliphatic carbocycles. The SMILES string of the molecule is CCc1ccc(N2C[C@@H](C(=O)O[C@@H](C)C(=O)NC(=O)NC3CCCC3)CC2=O)cc1. The van der Waals surface area contributed by atoms with Crippen LogP contribution in [-0.4, -0.2) is 42.5 Å². The van der Waals surface area contributed by atoms with Crippen LogP contribution in [0.15, 0.2) is 24.3 Å². The molecule has 0 unspecified atom stereocenters. The summed E-state index contributed by atoms with van der Waals surface area (Å²) in [5.41, 5.74) is 1.90. The Labute approximate surface area is 176 Å². The monoisotopic (exact) mass is 415 g/mol. The van der Waals surface area contributed by atoms with Crippen LogP contribution in [0.4, 0.5) is 10.5 Å². The van der Waals surface area contributed by atoms with Gasteiger partial charge in [-0.25, -0.2) is 4.79 Å². The van der Waals surface area contributed by atoms with Crippen molar-refractivity contribution in [3.63, 3.8) is 0 Å². The van der Waals surface area contributed by atoms with Crippen molar-refractivity contribution in [2.75, 3.05) is 11.4 Å². The number of nitrogens with one attached hydrogen (secondary N) is 2. The number of esters is 1. The van der Waals surface area contributed by atoms with Crippen LogP contribution in [0.1, 0.15) is 51.5 Å². The molecule has 0 bridgehead atoms. The summed E-state index contributed by atoms with van der Waals surface area (Å²) < 4.78 is 5.23. The van der Waals surface area contributed by atoms with Crippen LogP contribution in [0.2, 0.25) is 0 Å². The second-order valence-corrected chi connectivity index (χ2v) is 7.95. The molecule has 2 atom stereocenters. The van der Waals surface area contributed by atoms with Gasteiger partial charge in [-0.3, -0.25) is 19.7 Å². The van der Waals surface area contributed by atoms with Crippen molar-refractivity contribution in [3.05, 3.63) is 29.8 Å². The molecule has 2 fully saturated rings. The molecule has 8 nitrogen and oxygen atoms in total. The van der Waals surface area contributed by atoms with Crippen LogP contribution in [0.5, 0.6) is 0 Å². The van der Waals surface area contributed by atoms with E-state index in [1.165, 1.54) is 6.92 Å². The maximum Gasteiger partial charge on any atom is 0.321 e. The lowest BCUT2D eigenvalue weighted by Gasteiger charge is -2.18. The molecule has 0 aromatic heterocycles. The molecule has 1 saturated heterocycles. The van der Waals surface area contributed by atoms with E-state index in [1.807, 2.05) is 24.3 Å². The lowest BCUT2D eigenvalue weighted by atomic mass is 10.1. The largest absolute Gasteiger partial charge is 0.452 e. The molecule has 2 aliphatic rings. The van der Waals surface area contributed by atoms with Crippen LogP contribution in [-0.2, 0) is 25.5 Å². The number of anilines is 1. The number of urea groups is 1. The first-order chi connectivity index (χ1) is 14.4. The first-order valence-corrected chi connectivity index (χ1v) is 10.6. The zero-order valence-electron chi connectivity index (χ0n) is 17.5. The molecule has 0 radical (unpaired) electrons. The van der Waals surface area contributed by atoms with Crippen LogP contribution in [0.3, 0.4) is 0 Å². The summed E-state index contributed by atoms with van der Waals surface area (Å²) in [6, 6.07) is 7.15. The van der Waals surface area contributed by atoms with Gasteiger partial charge >= 0.3 is 12.0 Å². The number of rotatable bonds is 6. The summed E-state index contributed by atoms with van der Waals surface area (Å²) in [7, 11) is 0. The Morgan fingerprint density at radius 2 is 1.83 bits per heavy atom. The first kappa shape index (κ1) is 21.8. The van der Waals surface area contributed by atoms with Gasteiger partial charge in [0.15, 0.2) is 6.10 Å². The molecule has 4 amide bonds. The fraction of sp³-hybridized carbons (Fsp3) is 0.545. The summed E-state index contributed by atoms with van der Waals surface area (Å²) >= 11 is 0. The third kappa shape index (κ3) is 5.37. The van der Waals surface area contributed by atoms with E-state index >= 15 is 0 Å². The van der Waals surface area contributed by atoms with Crippen molar-refractivity contribution in [3.8, 4) is 0 Å². The second-order valence-electron chi connectivity index (χ2n) is 7.95. The molecule has 3 rings (SSSR count). The van der Waals surface area contributed by atoms with E-state index in [0.29, 0.717) is 0 Å². The van der Waals surface area contributed by atoms with Gasteiger partial charge < -0.3 is 15.0 Å². The minimum Gasteiger partial charge on any atom is -0.452 e. The highest BCUT2D eigenvalue weighted by atomic mass is 16.5. The fourth-order valence-corrected chi connectivity index (χ4v) is 3.86. The molecule has 1 aromatic rings. The lowest BCUT2D eigenvalue weighted by Crippen LogP contribution is -2.47. The number of amides is 4. The fourth-order valence-electron chi connectivity index (χ4n) is 3.86. The Hall–Kier alpha value is -2.90. The quantitative estimate of drug-likeness (QED) is 0.694. The highest BCUT2D eigenvalue weighted by Gasteiger charge is 2.37. The van der Waals surface area contributed by atoms with Crippen molar-refractivity contribution in [2.45, 2.75) is 64.5 Å². The van der Waals surface area contributed by atoms with E-state index in [1.54, 1.807) is 4.90 Å². The standard InChI is InChI=1S/C22H29N3O5/c1-3-15-8-10-18(11-9-15)25-13-16(12-19(25)26)21(28)30-14(2)20(27)24-22(29)23-17-6-4-5-7-17/h8-11,14,16-17H,3-7,12-13H2,1-2H3,(H2,23,24,27,29)/t14-,16-/m0/s1. The van der Waals surface area contributed by atoms with E-state index in [-0.39, 0.29) is 24.9 Å². The van der Waals surface area contributed by atoms with Crippen LogP contribution in [0, 0.1) is 5.92 Å². The number of ether oxygens (including phenoxy) is 1. The maximum absolute atomic E-state index is 12.5. The molecule has 162 valence electrons. The van der Waals surface area contributed by atoms with Gasteiger partial charge in [0.25, 0.3) is 5.91 Å². The third-order valence-corrected chi connectivity index (χ3v) is 5.70. The molecule has 1 heterocycles. The Bertz CT molecular complexity index is 801. The van der Waals surface area contributed by atoms with Gasteiger partial charge in [0.1, 0.15) is 0 Å². The van der Waals surface area contributed by atoms with Gasteiger partial charge in [0, 0.05) is 24.7 Å². The molecule has 1 aromatic carbocycles. The molecule has 0 spiro atoms. The molecule has 30 heavy (non-hydrogen) atoms. The Morgan fingerprint density at radius 1 is 1.17 bits per heavy atom. The van der Waals surface area contributed by atoms with Gasteiger partial charge in [-0.15, -0.1) is 0 Å².